The molecule has 3 heterocycles. The van der Waals surface area contributed by atoms with Gasteiger partial charge in [0.15, 0.2) is 5.82 Å². The van der Waals surface area contributed by atoms with E-state index in [1.165, 1.54) is 17.8 Å². The van der Waals surface area contributed by atoms with E-state index in [1.54, 1.807) is 12.4 Å². The molecule has 0 radical (unpaired) electrons. The Labute approximate surface area is 315 Å². The van der Waals surface area contributed by atoms with Crippen molar-refractivity contribution in [1.82, 2.24) is 19.7 Å². The maximum atomic E-state index is 14.5. The molecule has 10 heteroatoms. The summed E-state index contributed by atoms with van der Waals surface area (Å²) in [6, 6.07) is 3.00. The SMILES string of the molecule is CC(C)[C@@H](C)[C@@]1(C)CC[C@]2(C)[C@H]3CC[C@@H]4C5(COC[C@]4(C)[C@@H](OC[C@](C)(N)C4CC4)[C@H](n4ncnc4-c4ccnc(F)c4)C5)C3=CC[C@@]2(C)[C@@H]1C(=O)O. The van der Waals surface area contributed by atoms with Gasteiger partial charge in [-0.2, -0.15) is 9.49 Å². The van der Waals surface area contributed by atoms with Gasteiger partial charge in [-0.25, -0.2) is 14.6 Å². The van der Waals surface area contributed by atoms with Crippen molar-refractivity contribution >= 4 is 5.97 Å². The van der Waals surface area contributed by atoms with Crippen LogP contribution in [0.2, 0.25) is 0 Å². The summed E-state index contributed by atoms with van der Waals surface area (Å²) in [5.41, 5.74) is 7.04. The minimum atomic E-state index is -0.646. The monoisotopic (exact) mass is 731 g/mol. The van der Waals surface area contributed by atoms with Gasteiger partial charge in [0.1, 0.15) is 6.33 Å². The van der Waals surface area contributed by atoms with Crippen molar-refractivity contribution < 1.29 is 23.8 Å². The van der Waals surface area contributed by atoms with Gasteiger partial charge in [0.25, 0.3) is 0 Å². The lowest BCUT2D eigenvalue weighted by atomic mass is 9.34. The highest BCUT2D eigenvalue weighted by molar-refractivity contribution is 5.73. The summed E-state index contributed by atoms with van der Waals surface area (Å²) in [5.74, 6) is 0.639. The molecule has 8 rings (SSSR count). The quantitative estimate of drug-likeness (QED) is 0.196. The van der Waals surface area contributed by atoms with E-state index in [9.17, 15) is 14.3 Å². The molecule has 6 aliphatic rings. The number of hydrogen-bond donors (Lipinski definition) is 2. The maximum Gasteiger partial charge on any atom is 0.307 e. The molecule has 2 aromatic heterocycles. The fourth-order valence-electron chi connectivity index (χ4n) is 13.5. The lowest BCUT2D eigenvalue weighted by Crippen LogP contribution is -2.69. The molecule has 12 atom stereocenters. The van der Waals surface area contributed by atoms with Gasteiger partial charge in [-0.1, -0.05) is 60.1 Å². The first kappa shape index (κ1) is 37.2. The van der Waals surface area contributed by atoms with Gasteiger partial charge < -0.3 is 20.3 Å². The number of ether oxygens (including phenoxy) is 2. The Morgan fingerprint density at radius 2 is 1.87 bits per heavy atom. The first-order chi connectivity index (χ1) is 24.9. The van der Waals surface area contributed by atoms with Crippen molar-refractivity contribution in [3.63, 3.8) is 0 Å². The summed E-state index contributed by atoms with van der Waals surface area (Å²) in [5, 5.41) is 16.0. The molecule has 1 aliphatic heterocycles. The van der Waals surface area contributed by atoms with E-state index in [0.29, 0.717) is 49.0 Å². The Morgan fingerprint density at radius 3 is 2.55 bits per heavy atom. The van der Waals surface area contributed by atoms with Crippen LogP contribution in [0.3, 0.4) is 0 Å². The molecule has 5 aliphatic carbocycles. The van der Waals surface area contributed by atoms with E-state index in [2.05, 4.69) is 66.4 Å². The van der Waals surface area contributed by atoms with Crippen LogP contribution in [0.5, 0.6) is 0 Å². The first-order valence-corrected chi connectivity index (χ1v) is 20.4. The molecule has 0 spiro atoms. The number of aliphatic carboxylic acids is 1. The molecule has 1 saturated heterocycles. The average molecular weight is 732 g/mol. The summed E-state index contributed by atoms with van der Waals surface area (Å²) in [7, 11) is 0. The number of hydrogen-bond acceptors (Lipinski definition) is 7. The minimum Gasteiger partial charge on any atom is -0.481 e. The second-order valence-corrected chi connectivity index (χ2v) is 20.0. The summed E-state index contributed by atoms with van der Waals surface area (Å²) in [6.45, 7) is 19.9. The van der Waals surface area contributed by atoms with Crippen LogP contribution in [-0.4, -0.2) is 62.3 Å². The predicted octanol–water partition coefficient (Wildman–Crippen LogP) is 8.12. The number of aromatic nitrogens is 4. The average Bonchev–Trinajstić information content (AvgIpc) is 3.85. The Balaban J connectivity index is 1.24. The van der Waals surface area contributed by atoms with E-state index in [0.717, 1.165) is 51.4 Å². The van der Waals surface area contributed by atoms with Crippen molar-refractivity contribution in [2.24, 2.45) is 68.3 Å². The van der Waals surface area contributed by atoms with Gasteiger partial charge in [0.05, 0.1) is 37.9 Å². The largest absolute Gasteiger partial charge is 0.481 e. The van der Waals surface area contributed by atoms with E-state index >= 15 is 0 Å². The summed E-state index contributed by atoms with van der Waals surface area (Å²) in [6.07, 6.45) is 13.0. The van der Waals surface area contributed by atoms with Crippen LogP contribution in [0.1, 0.15) is 113 Å². The van der Waals surface area contributed by atoms with Gasteiger partial charge in [-0.3, -0.25) is 4.79 Å². The summed E-state index contributed by atoms with van der Waals surface area (Å²) in [4.78, 5) is 22.1. The standard InChI is InChI=1S/C43H62FN5O4/c1-25(2)26(3)38(4)16-17-40(6)29-11-12-32-39(5)21-52-23-43(32,30(29)13-15-41(40,7)34(38)37(50)51)20-31(35(39)53-22-42(8,45)28-9-10-28)49-36(47-24-48-49)27-14-18-46-33(44)19-27/h13-14,18-19,24-26,28-29,31-32,34-35H,9-12,15-17,20-23,45H2,1-8H3,(H,50,51)/t26-,29+,31-,32+,34-,35+,38-,39+,40-,41+,42+,43?/m1/s1. The number of carbonyl (C=O) groups is 1. The molecule has 4 saturated carbocycles. The lowest BCUT2D eigenvalue weighted by Gasteiger charge is -2.71. The number of nitrogens with zero attached hydrogens (tertiary/aromatic N) is 4. The molecule has 3 N–H and O–H groups in total. The zero-order valence-electron chi connectivity index (χ0n) is 33.2. The zero-order valence-corrected chi connectivity index (χ0v) is 33.2. The number of fused-ring (bicyclic) bond motifs is 3. The summed E-state index contributed by atoms with van der Waals surface area (Å²) < 4.78 is 30.4. The van der Waals surface area contributed by atoms with Crippen LogP contribution < -0.4 is 5.73 Å². The molecule has 2 bridgehead atoms. The molecular formula is C43H62FN5O4. The van der Waals surface area contributed by atoms with Crippen molar-refractivity contribution in [3.8, 4) is 11.4 Å². The first-order valence-electron chi connectivity index (χ1n) is 20.4. The van der Waals surface area contributed by atoms with E-state index < -0.39 is 28.8 Å². The second kappa shape index (κ2) is 12.4. The van der Waals surface area contributed by atoms with E-state index in [4.69, 9.17) is 25.3 Å². The maximum absolute atomic E-state index is 14.5. The molecule has 1 unspecified atom stereocenters. The topological polar surface area (TPSA) is 125 Å². The van der Waals surface area contributed by atoms with Gasteiger partial charge in [-0.05, 0) is 110 Å². The minimum absolute atomic E-state index is 0.189. The molecule has 53 heavy (non-hydrogen) atoms. The van der Waals surface area contributed by atoms with Gasteiger partial charge in [-0.15, -0.1) is 0 Å². The molecule has 290 valence electrons. The van der Waals surface area contributed by atoms with Crippen LogP contribution in [0.25, 0.3) is 11.4 Å². The Bertz CT molecular complexity index is 1790. The molecule has 9 nitrogen and oxygen atoms in total. The zero-order chi connectivity index (χ0) is 37.9. The van der Waals surface area contributed by atoms with Crippen molar-refractivity contribution in [2.45, 2.75) is 124 Å². The Kier molecular flexibility index (Phi) is 8.72. The lowest BCUT2D eigenvalue weighted by molar-refractivity contribution is -0.252. The van der Waals surface area contributed by atoms with Crippen LogP contribution in [0.15, 0.2) is 36.3 Å². The summed E-state index contributed by atoms with van der Waals surface area (Å²) >= 11 is 0. The molecule has 0 amide bonds. The molecular weight excluding hydrogens is 670 g/mol. The van der Waals surface area contributed by atoms with E-state index in [1.807, 2.05) is 4.68 Å². The number of nitrogens with two attached hydrogens (primary N) is 1. The van der Waals surface area contributed by atoms with Crippen molar-refractivity contribution in [3.05, 3.63) is 42.3 Å². The fourth-order valence-corrected chi connectivity index (χ4v) is 13.5. The third-order valence-corrected chi connectivity index (χ3v) is 17.0. The van der Waals surface area contributed by atoms with Crippen LogP contribution in [0.4, 0.5) is 4.39 Å². The number of rotatable bonds is 9. The highest BCUT2D eigenvalue weighted by Gasteiger charge is 2.72. The number of carboxylic acid groups (broad SMARTS) is 1. The highest BCUT2D eigenvalue weighted by atomic mass is 19.1. The van der Waals surface area contributed by atoms with Gasteiger partial charge in [0.2, 0.25) is 5.95 Å². The highest BCUT2D eigenvalue weighted by Crippen LogP contribution is 2.75. The Morgan fingerprint density at radius 1 is 1.11 bits per heavy atom. The van der Waals surface area contributed by atoms with Crippen LogP contribution in [-0.2, 0) is 14.3 Å². The van der Waals surface area contributed by atoms with Gasteiger partial charge in [0, 0.05) is 34.2 Å². The van der Waals surface area contributed by atoms with Crippen LogP contribution >= 0.6 is 0 Å². The third kappa shape index (κ3) is 5.30. The Hall–Kier alpha value is -2.69. The smallest absolute Gasteiger partial charge is 0.307 e. The number of halogens is 1. The number of carboxylic acids is 1. The third-order valence-electron chi connectivity index (χ3n) is 17.0. The van der Waals surface area contributed by atoms with E-state index in [-0.39, 0.29) is 45.6 Å². The van der Waals surface area contributed by atoms with Crippen molar-refractivity contribution in [1.29, 1.82) is 0 Å². The number of pyridine rings is 1. The molecule has 5 fully saturated rings. The number of allylic oxidation sites excluding steroid dienone is 1. The normalized spacial score (nSPS) is 42.5. The molecule has 2 aromatic rings. The fraction of sp³-hybridized carbons (Fsp3) is 0.767. The predicted molar refractivity (Wildman–Crippen MR) is 201 cm³/mol. The van der Waals surface area contributed by atoms with Crippen LogP contribution in [0, 0.1) is 68.5 Å². The van der Waals surface area contributed by atoms with Crippen molar-refractivity contribution in [2.75, 3.05) is 19.8 Å². The molecule has 0 aromatic carbocycles. The second-order valence-electron chi connectivity index (χ2n) is 20.0. The van der Waals surface area contributed by atoms with Gasteiger partial charge >= 0.3 is 5.97 Å².